The van der Waals surface area contributed by atoms with Crippen LogP contribution in [0.25, 0.3) is 0 Å². The summed E-state index contributed by atoms with van der Waals surface area (Å²) in [5.41, 5.74) is 0. The Hall–Kier alpha value is -0.116. The van der Waals surface area contributed by atoms with Crippen LogP contribution in [0.2, 0.25) is 12.6 Å². The molecule has 0 spiro atoms. The molecule has 0 aromatic rings. The van der Waals surface area contributed by atoms with Gasteiger partial charge in [-0.15, -0.1) is 0 Å². The van der Waals surface area contributed by atoms with Gasteiger partial charge >= 0.3 is 0 Å². The Kier molecular flexibility index (Phi) is 4.96. The monoisotopic (exact) mass is 145 g/mol. The fourth-order valence-electron chi connectivity index (χ4n) is 0.386. The lowest BCUT2D eigenvalue weighted by Gasteiger charge is -2.02. The third-order valence-corrected chi connectivity index (χ3v) is 5.39. The molecule has 4 heteroatoms. The molecule has 46 valence electrons. The average molecular weight is 145 g/mol. The summed E-state index contributed by atoms with van der Waals surface area (Å²) in [6, 6.07) is 3.12. The molecule has 1 unspecified atom stereocenters. The Balaban J connectivity index is 3.01. The maximum absolute atomic E-state index is 8.14. The van der Waals surface area contributed by atoms with Gasteiger partial charge < -0.3 is 4.12 Å². The van der Waals surface area contributed by atoms with E-state index in [1.807, 2.05) is 0 Å². The Bertz CT molecular complexity index is 90.5. The van der Waals surface area contributed by atoms with Gasteiger partial charge in [0, 0.05) is 6.42 Å². The quantitative estimate of drug-likeness (QED) is 0.504. The zero-order chi connectivity index (χ0) is 6.41. The first kappa shape index (κ1) is 7.88. The van der Waals surface area contributed by atoms with E-state index in [1.54, 1.807) is 0 Å². The normalized spacial score (nSPS) is 13.0. The minimum atomic E-state index is -0.860. The van der Waals surface area contributed by atoms with Crippen molar-refractivity contribution in [2.75, 3.05) is 0 Å². The van der Waals surface area contributed by atoms with E-state index in [0.29, 0.717) is 6.42 Å². The van der Waals surface area contributed by atoms with Crippen molar-refractivity contribution in [1.29, 1.82) is 5.26 Å². The van der Waals surface area contributed by atoms with Crippen molar-refractivity contribution >= 4 is 19.5 Å². The minimum absolute atomic E-state index is 0.676. The maximum atomic E-state index is 8.14. The van der Waals surface area contributed by atoms with Crippen LogP contribution >= 0.6 is 0 Å². The van der Waals surface area contributed by atoms with Gasteiger partial charge in [0.2, 0.25) is 0 Å². The summed E-state index contributed by atoms with van der Waals surface area (Å²) in [5.74, 6) is 0. The van der Waals surface area contributed by atoms with Crippen LogP contribution in [0.1, 0.15) is 6.42 Å². The second-order valence-corrected chi connectivity index (χ2v) is 5.83. The predicted molar refractivity (Wildman–Crippen MR) is 39.1 cm³/mol. The first-order valence-electron chi connectivity index (χ1n) is 2.71. The van der Waals surface area contributed by atoms with Gasteiger partial charge in [-0.2, -0.15) is 5.26 Å². The van der Waals surface area contributed by atoms with Crippen molar-refractivity contribution in [3.63, 3.8) is 0 Å². The van der Waals surface area contributed by atoms with E-state index in [9.17, 15) is 0 Å². The van der Waals surface area contributed by atoms with Crippen LogP contribution in [0.4, 0.5) is 0 Å². The maximum Gasteiger partial charge on any atom is 0.160 e. The van der Waals surface area contributed by atoms with Crippen LogP contribution in [-0.2, 0) is 4.12 Å². The van der Waals surface area contributed by atoms with Crippen molar-refractivity contribution in [2.24, 2.45) is 0 Å². The zero-order valence-electron chi connectivity index (χ0n) is 5.35. The summed E-state index contributed by atoms with van der Waals surface area (Å²) in [4.78, 5) is 0. The van der Waals surface area contributed by atoms with Gasteiger partial charge in [-0.1, -0.05) is 0 Å². The third kappa shape index (κ3) is 4.05. The molecular formula is C4H11NOSi2. The van der Waals surface area contributed by atoms with Crippen LogP contribution < -0.4 is 0 Å². The molecule has 0 aromatic carbocycles. The standard InChI is InChI=1S/C4H11NOSi2/c1-8(6-7)4-2-3-5/h8H,2,4H2,1,7H3. The molecule has 2 nitrogen and oxygen atoms in total. The van der Waals surface area contributed by atoms with E-state index in [0.717, 1.165) is 16.5 Å². The highest BCUT2D eigenvalue weighted by Gasteiger charge is 1.98. The molecule has 0 aliphatic heterocycles. The number of nitrogens with zero attached hydrogens (tertiary/aromatic N) is 1. The predicted octanol–water partition coefficient (Wildman–Crippen LogP) is -0.449. The number of hydrogen-bond acceptors (Lipinski definition) is 2. The molecule has 0 bridgehead atoms. The van der Waals surface area contributed by atoms with E-state index in [4.69, 9.17) is 9.38 Å². The van der Waals surface area contributed by atoms with E-state index in [-0.39, 0.29) is 0 Å². The fraction of sp³-hybridized carbons (Fsp3) is 0.750. The van der Waals surface area contributed by atoms with Crippen molar-refractivity contribution < 1.29 is 4.12 Å². The summed E-state index contributed by atoms with van der Waals surface area (Å²) in [5, 5.41) is 8.14. The first-order chi connectivity index (χ1) is 3.81. The van der Waals surface area contributed by atoms with Crippen LogP contribution in [0, 0.1) is 11.3 Å². The summed E-state index contributed by atoms with van der Waals surface area (Å²) < 4.78 is 5.18. The molecule has 0 heterocycles. The average Bonchev–Trinajstić information content (AvgIpc) is 1.83. The zero-order valence-corrected chi connectivity index (χ0v) is 8.50. The molecule has 0 radical (unpaired) electrons. The lowest BCUT2D eigenvalue weighted by molar-refractivity contribution is 0.635. The molecule has 1 atom stereocenters. The van der Waals surface area contributed by atoms with E-state index >= 15 is 0 Å². The molecular weight excluding hydrogens is 134 g/mol. The van der Waals surface area contributed by atoms with Crippen molar-refractivity contribution in [1.82, 2.24) is 0 Å². The Morgan fingerprint density at radius 3 is 2.88 bits per heavy atom. The van der Waals surface area contributed by atoms with Crippen molar-refractivity contribution in [3.05, 3.63) is 0 Å². The molecule has 8 heavy (non-hydrogen) atoms. The molecule has 0 saturated carbocycles. The van der Waals surface area contributed by atoms with Gasteiger partial charge in [0.1, 0.15) is 10.5 Å². The Morgan fingerprint density at radius 1 is 1.88 bits per heavy atom. The molecule has 0 amide bonds. The summed E-state index contributed by atoms with van der Waals surface area (Å²) >= 11 is 0. The number of nitriles is 1. The molecule has 0 N–H and O–H groups in total. The largest absolute Gasteiger partial charge is 0.466 e. The van der Waals surface area contributed by atoms with Crippen molar-refractivity contribution in [2.45, 2.75) is 19.0 Å². The second kappa shape index (κ2) is 5.03. The van der Waals surface area contributed by atoms with E-state index in [1.165, 1.54) is 0 Å². The molecule has 0 aromatic heterocycles. The number of hydrogen-bond donors (Lipinski definition) is 0. The van der Waals surface area contributed by atoms with Crippen LogP contribution in [0.5, 0.6) is 0 Å². The first-order valence-corrected chi connectivity index (χ1v) is 5.97. The van der Waals surface area contributed by atoms with Crippen LogP contribution in [0.3, 0.4) is 0 Å². The van der Waals surface area contributed by atoms with Gasteiger partial charge in [-0.25, -0.2) is 0 Å². The van der Waals surface area contributed by atoms with Crippen LogP contribution in [-0.4, -0.2) is 19.5 Å². The van der Waals surface area contributed by atoms with Crippen LogP contribution in [0.15, 0.2) is 0 Å². The highest BCUT2D eigenvalue weighted by atomic mass is 28.3. The second-order valence-electron chi connectivity index (χ2n) is 1.74. The summed E-state index contributed by atoms with van der Waals surface area (Å²) in [7, 11) is -0.0178. The SMILES string of the molecule is C[SiH](CCC#N)O[SiH3]. The van der Waals surface area contributed by atoms with E-state index in [2.05, 4.69) is 12.6 Å². The van der Waals surface area contributed by atoms with Gasteiger partial charge in [0.25, 0.3) is 0 Å². The fourth-order valence-corrected chi connectivity index (χ4v) is 1.86. The Morgan fingerprint density at radius 2 is 2.50 bits per heavy atom. The Labute approximate surface area is 54.7 Å². The molecule has 0 aliphatic carbocycles. The smallest absolute Gasteiger partial charge is 0.160 e. The van der Waals surface area contributed by atoms with Gasteiger partial charge in [-0.3, -0.25) is 0 Å². The molecule has 0 rings (SSSR count). The molecule has 0 fully saturated rings. The highest BCUT2D eigenvalue weighted by molar-refractivity contribution is 6.54. The summed E-state index contributed by atoms with van der Waals surface area (Å²) in [6.07, 6.45) is 0.676. The highest BCUT2D eigenvalue weighted by Crippen LogP contribution is 1.94. The van der Waals surface area contributed by atoms with Gasteiger partial charge in [0.05, 0.1) is 6.07 Å². The van der Waals surface area contributed by atoms with Gasteiger partial charge in [0.15, 0.2) is 9.04 Å². The minimum Gasteiger partial charge on any atom is -0.466 e. The number of rotatable bonds is 3. The molecule has 0 aliphatic rings. The van der Waals surface area contributed by atoms with E-state index < -0.39 is 9.04 Å². The van der Waals surface area contributed by atoms with Crippen molar-refractivity contribution in [3.8, 4) is 6.07 Å². The van der Waals surface area contributed by atoms with Gasteiger partial charge in [-0.05, 0) is 12.6 Å². The summed E-state index contributed by atoms with van der Waals surface area (Å²) in [6.45, 7) is 2.13. The lowest BCUT2D eigenvalue weighted by Crippen LogP contribution is -2.09. The third-order valence-electron chi connectivity index (χ3n) is 1.07. The topological polar surface area (TPSA) is 33.0 Å². The lowest BCUT2D eigenvalue weighted by atomic mass is 10.6. The molecule has 0 saturated heterocycles.